The maximum atomic E-state index is 12.2. The van der Waals surface area contributed by atoms with E-state index in [1.165, 1.54) is 12.8 Å². The second-order valence-corrected chi connectivity index (χ2v) is 8.11. The number of carbonyl (C=O) groups excluding carboxylic acids is 2. The Morgan fingerprint density at radius 2 is 1.71 bits per heavy atom. The second kappa shape index (κ2) is 15.6. The SMILES string of the molecule is CCOC(=O)c1cc(NC(=O)NCCCN2CCN(c3ccc(Cl)cc3)CC2)ccc1OC.Cl.Cl. The third-order valence-corrected chi connectivity index (χ3v) is 5.71. The maximum absolute atomic E-state index is 12.2. The van der Waals surface area contributed by atoms with Gasteiger partial charge < -0.3 is 25.0 Å². The highest BCUT2D eigenvalue weighted by molar-refractivity contribution is 6.30. The van der Waals surface area contributed by atoms with Crippen LogP contribution >= 0.6 is 36.4 Å². The van der Waals surface area contributed by atoms with Crippen LogP contribution in [-0.2, 0) is 4.74 Å². The molecule has 0 aromatic heterocycles. The minimum Gasteiger partial charge on any atom is -0.496 e. The van der Waals surface area contributed by atoms with Crippen molar-refractivity contribution in [2.24, 2.45) is 0 Å². The lowest BCUT2D eigenvalue weighted by molar-refractivity contribution is 0.0522. The summed E-state index contributed by atoms with van der Waals surface area (Å²) in [5.74, 6) is -0.0925. The molecule has 0 radical (unpaired) electrons. The summed E-state index contributed by atoms with van der Waals surface area (Å²) in [6.07, 6.45) is 0.852. The number of piperazine rings is 1. The molecule has 2 amide bonds. The number of esters is 1. The van der Waals surface area contributed by atoms with Gasteiger partial charge in [-0.05, 0) is 62.4 Å². The number of ether oxygens (including phenoxy) is 2. The molecule has 3 rings (SSSR count). The summed E-state index contributed by atoms with van der Waals surface area (Å²) in [6.45, 7) is 7.38. The van der Waals surface area contributed by atoms with Crippen molar-refractivity contribution in [3.05, 3.63) is 53.1 Å². The van der Waals surface area contributed by atoms with E-state index in [0.717, 1.165) is 44.2 Å². The molecule has 1 saturated heterocycles. The van der Waals surface area contributed by atoms with Crippen LogP contribution in [0.3, 0.4) is 0 Å². The number of nitrogens with zero attached hydrogens (tertiary/aromatic N) is 2. The molecule has 0 aliphatic carbocycles. The van der Waals surface area contributed by atoms with Gasteiger partial charge in [-0.1, -0.05) is 11.6 Å². The monoisotopic (exact) mass is 546 g/mol. The van der Waals surface area contributed by atoms with Crippen LogP contribution in [-0.4, -0.2) is 69.9 Å². The van der Waals surface area contributed by atoms with Crippen LogP contribution in [0.4, 0.5) is 16.2 Å². The first kappa shape index (κ1) is 30.6. The molecule has 2 aromatic carbocycles. The van der Waals surface area contributed by atoms with E-state index in [9.17, 15) is 9.59 Å². The third kappa shape index (κ3) is 9.29. The molecule has 0 atom stereocenters. The highest BCUT2D eigenvalue weighted by Crippen LogP contribution is 2.23. The number of rotatable bonds is 9. The summed E-state index contributed by atoms with van der Waals surface area (Å²) >= 11 is 5.97. The van der Waals surface area contributed by atoms with E-state index in [-0.39, 0.29) is 43.0 Å². The van der Waals surface area contributed by atoms with Crippen molar-refractivity contribution < 1.29 is 19.1 Å². The summed E-state index contributed by atoms with van der Waals surface area (Å²) in [5.41, 5.74) is 1.96. The standard InChI is InChI=1S/C24H31ClN4O4.2ClH/c1-3-33-23(30)21-17-19(7-10-22(21)32-2)27-24(31)26-11-4-12-28-13-15-29(16-14-28)20-8-5-18(25)6-9-20;;/h5-10,17H,3-4,11-16H2,1-2H3,(H2,26,27,31);2*1H. The van der Waals surface area contributed by atoms with Gasteiger partial charge in [0.15, 0.2) is 0 Å². The molecule has 1 heterocycles. The Balaban J connectivity index is 0.00000306. The number of halogens is 3. The molecule has 2 aromatic rings. The molecule has 194 valence electrons. The van der Waals surface area contributed by atoms with E-state index < -0.39 is 5.97 Å². The minimum absolute atomic E-state index is 0. The molecule has 2 N–H and O–H groups in total. The largest absolute Gasteiger partial charge is 0.496 e. The number of nitrogens with one attached hydrogen (secondary N) is 2. The van der Waals surface area contributed by atoms with Crippen LogP contribution in [0, 0.1) is 0 Å². The fourth-order valence-corrected chi connectivity index (χ4v) is 3.84. The van der Waals surface area contributed by atoms with Crippen LogP contribution in [0.2, 0.25) is 5.02 Å². The average Bonchev–Trinajstić information content (AvgIpc) is 2.83. The molecule has 1 aliphatic heterocycles. The van der Waals surface area contributed by atoms with Gasteiger partial charge in [-0.25, -0.2) is 9.59 Å². The number of hydrogen-bond acceptors (Lipinski definition) is 6. The Kier molecular flexibility index (Phi) is 13.6. The van der Waals surface area contributed by atoms with Gasteiger partial charge in [0.05, 0.1) is 13.7 Å². The lowest BCUT2D eigenvalue weighted by Crippen LogP contribution is -2.47. The van der Waals surface area contributed by atoms with Crippen LogP contribution in [0.1, 0.15) is 23.7 Å². The van der Waals surface area contributed by atoms with E-state index in [4.69, 9.17) is 21.1 Å². The first-order valence-electron chi connectivity index (χ1n) is 11.1. The highest BCUT2D eigenvalue weighted by Gasteiger charge is 2.17. The zero-order valence-electron chi connectivity index (χ0n) is 19.9. The average molecular weight is 548 g/mol. The summed E-state index contributed by atoms with van der Waals surface area (Å²) in [6, 6.07) is 12.5. The Hall–Kier alpha value is -2.39. The Labute approximate surface area is 224 Å². The van der Waals surface area contributed by atoms with Crippen molar-refractivity contribution in [2.45, 2.75) is 13.3 Å². The first-order valence-corrected chi connectivity index (χ1v) is 11.5. The van der Waals surface area contributed by atoms with Crippen LogP contribution in [0.15, 0.2) is 42.5 Å². The third-order valence-electron chi connectivity index (χ3n) is 5.45. The smallest absolute Gasteiger partial charge is 0.341 e. The predicted molar refractivity (Wildman–Crippen MR) is 145 cm³/mol. The van der Waals surface area contributed by atoms with Crippen molar-refractivity contribution in [2.75, 3.05) is 63.2 Å². The second-order valence-electron chi connectivity index (χ2n) is 7.68. The molecule has 1 aliphatic rings. The predicted octanol–water partition coefficient (Wildman–Crippen LogP) is 4.70. The Morgan fingerprint density at radius 1 is 1.03 bits per heavy atom. The summed E-state index contributed by atoms with van der Waals surface area (Å²) in [5, 5.41) is 6.37. The number of anilines is 2. The number of hydrogen-bond donors (Lipinski definition) is 2. The van der Waals surface area contributed by atoms with Crippen molar-refractivity contribution in [1.29, 1.82) is 0 Å². The number of carbonyl (C=O) groups is 2. The van der Waals surface area contributed by atoms with Crippen molar-refractivity contribution in [3.63, 3.8) is 0 Å². The Morgan fingerprint density at radius 3 is 2.34 bits per heavy atom. The quantitative estimate of drug-likeness (QED) is 0.350. The molecular formula is C24H33Cl3N4O4. The molecule has 11 heteroatoms. The van der Waals surface area contributed by atoms with E-state index in [2.05, 4.69) is 32.6 Å². The van der Waals surface area contributed by atoms with E-state index in [0.29, 0.717) is 18.0 Å². The van der Waals surface area contributed by atoms with E-state index in [1.807, 2.05) is 12.1 Å². The van der Waals surface area contributed by atoms with Crippen LogP contribution < -0.4 is 20.3 Å². The van der Waals surface area contributed by atoms with Gasteiger partial charge >= 0.3 is 12.0 Å². The fourth-order valence-electron chi connectivity index (χ4n) is 3.72. The number of methoxy groups -OCH3 is 1. The number of benzene rings is 2. The topological polar surface area (TPSA) is 83.1 Å². The zero-order valence-corrected chi connectivity index (χ0v) is 22.3. The van der Waals surface area contributed by atoms with Gasteiger partial charge in [0.25, 0.3) is 0 Å². The van der Waals surface area contributed by atoms with Gasteiger partial charge in [-0.3, -0.25) is 4.90 Å². The molecular weight excluding hydrogens is 515 g/mol. The molecule has 0 saturated carbocycles. The normalized spacial score (nSPS) is 13.2. The minimum atomic E-state index is -0.491. The van der Waals surface area contributed by atoms with E-state index >= 15 is 0 Å². The first-order chi connectivity index (χ1) is 16.0. The summed E-state index contributed by atoms with van der Waals surface area (Å²) in [4.78, 5) is 29.1. The van der Waals surface area contributed by atoms with Gasteiger partial charge in [-0.2, -0.15) is 0 Å². The number of amides is 2. The van der Waals surface area contributed by atoms with E-state index in [1.54, 1.807) is 25.1 Å². The molecule has 1 fully saturated rings. The summed E-state index contributed by atoms with van der Waals surface area (Å²) < 4.78 is 10.2. The Bertz CT molecular complexity index is 939. The van der Waals surface area contributed by atoms with Crippen molar-refractivity contribution in [3.8, 4) is 5.75 Å². The highest BCUT2D eigenvalue weighted by atomic mass is 35.5. The molecule has 8 nitrogen and oxygen atoms in total. The van der Waals surface area contributed by atoms with Crippen LogP contribution in [0.5, 0.6) is 5.75 Å². The lowest BCUT2D eigenvalue weighted by Gasteiger charge is -2.36. The lowest BCUT2D eigenvalue weighted by atomic mass is 10.1. The van der Waals surface area contributed by atoms with Crippen molar-refractivity contribution in [1.82, 2.24) is 10.2 Å². The molecule has 0 unspecified atom stereocenters. The molecule has 0 bridgehead atoms. The van der Waals surface area contributed by atoms with Crippen molar-refractivity contribution >= 4 is 59.8 Å². The van der Waals surface area contributed by atoms with Gasteiger partial charge in [0.1, 0.15) is 11.3 Å². The zero-order chi connectivity index (χ0) is 23.6. The summed E-state index contributed by atoms with van der Waals surface area (Å²) in [7, 11) is 1.48. The fraction of sp³-hybridized carbons (Fsp3) is 0.417. The van der Waals surface area contributed by atoms with Gasteiger partial charge in [-0.15, -0.1) is 24.8 Å². The molecule has 0 spiro atoms. The van der Waals surface area contributed by atoms with Crippen LogP contribution in [0.25, 0.3) is 0 Å². The number of urea groups is 1. The van der Waals surface area contributed by atoms with Gasteiger partial charge in [0, 0.05) is 49.1 Å². The van der Waals surface area contributed by atoms with Gasteiger partial charge in [0.2, 0.25) is 0 Å². The molecule has 35 heavy (non-hydrogen) atoms. The maximum Gasteiger partial charge on any atom is 0.341 e.